The number of anilines is 1. The third-order valence-electron chi connectivity index (χ3n) is 3.61. The van der Waals surface area contributed by atoms with Crippen LogP contribution in [0.15, 0.2) is 12.4 Å². The van der Waals surface area contributed by atoms with Crippen molar-refractivity contribution in [3.63, 3.8) is 0 Å². The number of aromatic nitrogens is 2. The van der Waals surface area contributed by atoms with Crippen LogP contribution in [0.1, 0.15) is 43.9 Å². The molecule has 1 aliphatic carbocycles. The third kappa shape index (κ3) is 2.70. The maximum absolute atomic E-state index is 9.31. The zero-order chi connectivity index (χ0) is 13.0. The van der Waals surface area contributed by atoms with Gasteiger partial charge in [-0.25, -0.2) is 9.97 Å². The number of allylic oxidation sites excluding steroid dienone is 2. The molecule has 4 nitrogen and oxygen atoms in total. The number of fused-ring (bicyclic) bond motifs is 1. The third-order valence-corrected chi connectivity index (χ3v) is 3.61. The smallest absolute Gasteiger partial charge is 0.130 e. The number of hydrogen-bond acceptors (Lipinski definition) is 4. The lowest BCUT2D eigenvalue weighted by atomic mass is 9.95. The fourth-order valence-corrected chi connectivity index (χ4v) is 2.54. The number of hydrogen-bond donors (Lipinski definition) is 2. The molecule has 1 heterocycles. The monoisotopic (exact) mass is 247 g/mol. The van der Waals surface area contributed by atoms with E-state index in [0.29, 0.717) is 11.7 Å². The zero-order valence-corrected chi connectivity index (χ0v) is 10.9. The SMILES string of the molecule is CCC[C@@H](CO)CCC1=CCc2c(N)ncnc21. The lowest BCUT2D eigenvalue weighted by molar-refractivity contribution is 0.211. The van der Waals surface area contributed by atoms with Gasteiger partial charge in [-0.3, -0.25) is 0 Å². The average Bonchev–Trinajstić information content (AvgIpc) is 2.79. The van der Waals surface area contributed by atoms with E-state index in [0.717, 1.165) is 43.4 Å². The summed E-state index contributed by atoms with van der Waals surface area (Å²) in [5.74, 6) is 0.998. The molecule has 1 aromatic heterocycles. The zero-order valence-electron chi connectivity index (χ0n) is 10.9. The van der Waals surface area contributed by atoms with Gasteiger partial charge in [-0.1, -0.05) is 19.4 Å². The first-order chi connectivity index (χ1) is 8.76. The molecule has 1 aromatic rings. The molecule has 0 fully saturated rings. The van der Waals surface area contributed by atoms with Crippen molar-refractivity contribution >= 4 is 11.4 Å². The van der Waals surface area contributed by atoms with Crippen LogP contribution < -0.4 is 5.73 Å². The van der Waals surface area contributed by atoms with E-state index >= 15 is 0 Å². The summed E-state index contributed by atoms with van der Waals surface area (Å²) in [6.45, 7) is 2.43. The van der Waals surface area contributed by atoms with Crippen LogP contribution in [0.2, 0.25) is 0 Å². The molecule has 1 atom stereocenters. The molecule has 0 aliphatic heterocycles. The second-order valence-corrected chi connectivity index (χ2v) is 4.90. The van der Waals surface area contributed by atoms with Gasteiger partial charge in [-0.15, -0.1) is 0 Å². The summed E-state index contributed by atoms with van der Waals surface area (Å²) >= 11 is 0. The molecule has 0 aromatic carbocycles. The van der Waals surface area contributed by atoms with Gasteiger partial charge in [0.05, 0.1) is 5.69 Å². The van der Waals surface area contributed by atoms with Crippen molar-refractivity contribution in [3.8, 4) is 0 Å². The number of aliphatic hydroxyl groups is 1. The van der Waals surface area contributed by atoms with Gasteiger partial charge < -0.3 is 10.8 Å². The molecule has 2 rings (SSSR count). The Morgan fingerprint density at radius 1 is 1.39 bits per heavy atom. The minimum Gasteiger partial charge on any atom is -0.396 e. The van der Waals surface area contributed by atoms with E-state index in [2.05, 4.69) is 23.0 Å². The van der Waals surface area contributed by atoms with Crippen molar-refractivity contribution in [1.82, 2.24) is 9.97 Å². The van der Waals surface area contributed by atoms with Crippen LogP contribution in [0, 0.1) is 5.92 Å². The Morgan fingerprint density at radius 3 is 2.94 bits per heavy atom. The lowest BCUT2D eigenvalue weighted by Gasteiger charge is -2.13. The van der Waals surface area contributed by atoms with Gasteiger partial charge in [0.1, 0.15) is 12.1 Å². The van der Waals surface area contributed by atoms with Crippen LogP contribution in [0.25, 0.3) is 5.57 Å². The van der Waals surface area contributed by atoms with Crippen LogP contribution in [0.5, 0.6) is 0 Å². The van der Waals surface area contributed by atoms with Gasteiger partial charge in [0.25, 0.3) is 0 Å². The van der Waals surface area contributed by atoms with E-state index in [4.69, 9.17) is 5.73 Å². The topological polar surface area (TPSA) is 72.0 Å². The van der Waals surface area contributed by atoms with Crippen LogP contribution in [-0.4, -0.2) is 21.7 Å². The van der Waals surface area contributed by atoms with E-state index in [-0.39, 0.29) is 6.61 Å². The molecule has 98 valence electrons. The molecule has 0 saturated heterocycles. The maximum atomic E-state index is 9.31. The van der Waals surface area contributed by atoms with Gasteiger partial charge in [0.15, 0.2) is 0 Å². The first-order valence-corrected chi connectivity index (χ1v) is 6.65. The Labute approximate surface area is 108 Å². The summed E-state index contributed by atoms with van der Waals surface area (Å²) in [6, 6.07) is 0. The molecule has 3 N–H and O–H groups in total. The predicted molar refractivity (Wildman–Crippen MR) is 72.8 cm³/mol. The maximum Gasteiger partial charge on any atom is 0.130 e. The van der Waals surface area contributed by atoms with Crippen LogP contribution in [-0.2, 0) is 6.42 Å². The highest BCUT2D eigenvalue weighted by molar-refractivity contribution is 5.73. The lowest BCUT2D eigenvalue weighted by Crippen LogP contribution is -2.06. The Bertz CT molecular complexity index is 443. The Morgan fingerprint density at radius 2 is 2.22 bits per heavy atom. The van der Waals surface area contributed by atoms with E-state index in [1.165, 1.54) is 11.9 Å². The van der Waals surface area contributed by atoms with Gasteiger partial charge in [-0.05, 0) is 37.2 Å². The molecular formula is C14H21N3O. The van der Waals surface area contributed by atoms with Crippen molar-refractivity contribution in [2.75, 3.05) is 12.3 Å². The number of aliphatic hydroxyl groups excluding tert-OH is 1. The van der Waals surface area contributed by atoms with Gasteiger partial charge >= 0.3 is 0 Å². The minimum atomic E-state index is 0.278. The first-order valence-electron chi connectivity index (χ1n) is 6.65. The Hall–Kier alpha value is -1.42. The molecule has 0 unspecified atom stereocenters. The molecule has 0 amide bonds. The molecule has 4 heteroatoms. The second-order valence-electron chi connectivity index (χ2n) is 4.90. The van der Waals surface area contributed by atoms with Crippen LogP contribution in [0.4, 0.5) is 5.82 Å². The summed E-state index contributed by atoms with van der Waals surface area (Å²) in [5.41, 5.74) is 9.17. The Balaban J connectivity index is 1.99. The van der Waals surface area contributed by atoms with Gasteiger partial charge in [0, 0.05) is 12.2 Å². The highest BCUT2D eigenvalue weighted by atomic mass is 16.3. The highest BCUT2D eigenvalue weighted by Crippen LogP contribution is 2.32. The summed E-state index contributed by atoms with van der Waals surface area (Å²) in [5, 5.41) is 9.31. The fourth-order valence-electron chi connectivity index (χ4n) is 2.54. The Kier molecular flexibility index (Phi) is 4.31. The van der Waals surface area contributed by atoms with Crippen LogP contribution >= 0.6 is 0 Å². The van der Waals surface area contributed by atoms with Gasteiger partial charge in [0.2, 0.25) is 0 Å². The van der Waals surface area contributed by atoms with Crippen molar-refractivity contribution in [1.29, 1.82) is 0 Å². The number of nitrogens with zero attached hydrogens (tertiary/aromatic N) is 2. The minimum absolute atomic E-state index is 0.278. The summed E-state index contributed by atoms with van der Waals surface area (Å²) in [4.78, 5) is 8.35. The van der Waals surface area contributed by atoms with E-state index in [9.17, 15) is 5.11 Å². The largest absolute Gasteiger partial charge is 0.396 e. The van der Waals surface area contributed by atoms with E-state index in [1.807, 2.05) is 0 Å². The molecule has 1 aliphatic rings. The van der Waals surface area contributed by atoms with Crippen molar-refractivity contribution < 1.29 is 5.11 Å². The first kappa shape index (κ1) is 13.0. The van der Waals surface area contributed by atoms with Crippen molar-refractivity contribution in [2.24, 2.45) is 5.92 Å². The van der Waals surface area contributed by atoms with E-state index in [1.54, 1.807) is 0 Å². The standard InChI is InChI=1S/C14H21N3O/c1-2-3-10(8-18)4-5-11-6-7-12-13(11)16-9-17-14(12)15/h6,9-10,18H,2-5,7-8H2,1H3,(H2,15,16,17)/t10-/m1/s1. The normalized spacial score (nSPS) is 15.3. The van der Waals surface area contributed by atoms with Crippen LogP contribution in [0.3, 0.4) is 0 Å². The van der Waals surface area contributed by atoms with Crippen molar-refractivity contribution in [2.45, 2.75) is 39.0 Å². The average molecular weight is 247 g/mol. The molecule has 0 saturated carbocycles. The number of rotatable bonds is 6. The molecule has 18 heavy (non-hydrogen) atoms. The quantitative estimate of drug-likeness (QED) is 0.808. The van der Waals surface area contributed by atoms with E-state index < -0.39 is 0 Å². The fraction of sp³-hybridized carbons (Fsp3) is 0.571. The molecule has 0 spiro atoms. The van der Waals surface area contributed by atoms with Gasteiger partial charge in [-0.2, -0.15) is 0 Å². The molecule has 0 radical (unpaired) electrons. The number of nitrogens with two attached hydrogens (primary N) is 1. The molecular weight excluding hydrogens is 226 g/mol. The summed E-state index contributed by atoms with van der Waals surface area (Å²) in [7, 11) is 0. The summed E-state index contributed by atoms with van der Waals surface area (Å²) < 4.78 is 0. The number of nitrogen functional groups attached to an aromatic ring is 1. The molecule has 0 bridgehead atoms. The van der Waals surface area contributed by atoms with Crippen molar-refractivity contribution in [3.05, 3.63) is 23.7 Å². The highest BCUT2D eigenvalue weighted by Gasteiger charge is 2.19. The summed E-state index contributed by atoms with van der Waals surface area (Å²) in [6.07, 6.45) is 8.75. The second kappa shape index (κ2) is 5.96. The predicted octanol–water partition coefficient (Wildman–Crippen LogP) is 2.19.